The number of cyclic esters (lactones) is 1. The lowest BCUT2D eigenvalue weighted by Gasteiger charge is -2.33. The van der Waals surface area contributed by atoms with Gasteiger partial charge < -0.3 is 29.4 Å². The number of benzene rings is 1. The topological polar surface area (TPSA) is 143 Å². The van der Waals surface area contributed by atoms with Crippen LogP contribution in [0.2, 0.25) is 0 Å². The van der Waals surface area contributed by atoms with Gasteiger partial charge >= 0.3 is 12.1 Å². The Bertz CT molecular complexity index is 1670. The molecule has 0 radical (unpaired) electrons. The second-order valence-corrected chi connectivity index (χ2v) is 11.3. The Balaban J connectivity index is 1.19. The minimum absolute atomic E-state index is 0.0311. The van der Waals surface area contributed by atoms with Crippen LogP contribution in [0, 0.1) is 0 Å². The Hall–Kier alpha value is -4.29. The van der Waals surface area contributed by atoms with Crippen LogP contribution in [0.3, 0.4) is 0 Å². The van der Waals surface area contributed by atoms with Gasteiger partial charge in [-0.2, -0.15) is 0 Å². The number of esters is 1. The highest BCUT2D eigenvalue weighted by Gasteiger charge is 2.45. The molecule has 5 heterocycles. The van der Waals surface area contributed by atoms with Gasteiger partial charge in [0.2, 0.25) is 5.91 Å². The van der Waals surface area contributed by atoms with Crippen molar-refractivity contribution in [2.45, 2.75) is 52.0 Å². The number of pyridine rings is 2. The normalized spacial score (nSPS) is 19.7. The zero-order valence-corrected chi connectivity index (χ0v) is 23.8. The van der Waals surface area contributed by atoms with Crippen LogP contribution in [-0.2, 0) is 33.1 Å². The van der Waals surface area contributed by atoms with Crippen molar-refractivity contribution in [1.29, 1.82) is 0 Å². The molecule has 1 aromatic carbocycles. The third kappa shape index (κ3) is 4.80. The smallest absolute Gasteiger partial charge is 0.415 e. The van der Waals surface area contributed by atoms with Crippen LogP contribution in [0.5, 0.6) is 5.75 Å². The molecule has 0 aliphatic carbocycles. The first kappa shape index (κ1) is 27.9. The van der Waals surface area contributed by atoms with E-state index in [0.29, 0.717) is 55.4 Å². The molecule has 220 valence electrons. The maximum Gasteiger partial charge on any atom is 0.415 e. The number of nitrogens with one attached hydrogen (secondary N) is 1. The molecule has 12 heteroatoms. The van der Waals surface area contributed by atoms with Gasteiger partial charge in [0.15, 0.2) is 5.60 Å². The number of rotatable bonds is 5. The van der Waals surface area contributed by atoms with Crippen LogP contribution < -0.4 is 15.6 Å². The van der Waals surface area contributed by atoms with Crippen LogP contribution in [0.4, 0.5) is 4.79 Å². The van der Waals surface area contributed by atoms with Crippen LogP contribution >= 0.6 is 0 Å². The van der Waals surface area contributed by atoms with Gasteiger partial charge in [-0.25, -0.2) is 14.6 Å². The van der Waals surface area contributed by atoms with Gasteiger partial charge in [0.25, 0.3) is 5.56 Å². The number of piperazine rings is 1. The van der Waals surface area contributed by atoms with E-state index in [0.717, 1.165) is 10.9 Å². The molecule has 0 saturated carbocycles. The van der Waals surface area contributed by atoms with Crippen molar-refractivity contribution in [2.24, 2.45) is 0 Å². The number of aromatic nitrogens is 2. The van der Waals surface area contributed by atoms with Gasteiger partial charge in [0, 0.05) is 48.7 Å². The molecule has 1 saturated heterocycles. The third-order valence-corrected chi connectivity index (χ3v) is 8.13. The van der Waals surface area contributed by atoms with Crippen molar-refractivity contribution in [2.75, 3.05) is 32.7 Å². The van der Waals surface area contributed by atoms with E-state index in [-0.39, 0.29) is 48.2 Å². The van der Waals surface area contributed by atoms with Crippen molar-refractivity contribution >= 4 is 28.9 Å². The van der Waals surface area contributed by atoms with Gasteiger partial charge in [-0.05, 0) is 50.6 Å². The van der Waals surface area contributed by atoms with Gasteiger partial charge in [-0.15, -0.1) is 0 Å². The summed E-state index contributed by atoms with van der Waals surface area (Å²) in [7, 11) is 0. The van der Waals surface area contributed by atoms with Gasteiger partial charge in [-0.3, -0.25) is 14.5 Å². The molecular weight excluding hydrogens is 542 g/mol. The monoisotopic (exact) mass is 575 g/mol. The number of hydrogen-bond acceptors (Lipinski definition) is 9. The van der Waals surface area contributed by atoms with Crippen molar-refractivity contribution < 1.29 is 29.0 Å². The number of nitrogens with zero attached hydrogens (tertiary/aromatic N) is 4. The number of hydrogen-bond donors (Lipinski definition) is 2. The second kappa shape index (κ2) is 10.5. The molecule has 12 nitrogen and oxygen atoms in total. The molecule has 1 atom stereocenters. The summed E-state index contributed by atoms with van der Waals surface area (Å²) >= 11 is 0. The summed E-state index contributed by atoms with van der Waals surface area (Å²) in [6.45, 7) is 7.96. The molecule has 1 fully saturated rings. The third-order valence-electron chi connectivity index (χ3n) is 8.13. The van der Waals surface area contributed by atoms with Crippen LogP contribution in [0.15, 0.2) is 35.1 Å². The van der Waals surface area contributed by atoms with E-state index in [9.17, 15) is 24.3 Å². The highest BCUT2D eigenvalue weighted by molar-refractivity contribution is 5.87. The average Bonchev–Trinajstić information content (AvgIpc) is 3.31. The Kier molecular flexibility index (Phi) is 6.98. The Morgan fingerprint density at radius 2 is 1.90 bits per heavy atom. The van der Waals surface area contributed by atoms with Crippen molar-refractivity contribution in [3.8, 4) is 17.1 Å². The van der Waals surface area contributed by atoms with E-state index < -0.39 is 17.7 Å². The molecule has 3 aliphatic heterocycles. The van der Waals surface area contributed by atoms with Crippen LogP contribution in [0.1, 0.15) is 43.9 Å². The molecule has 2 N–H and O–H groups in total. The van der Waals surface area contributed by atoms with Crippen LogP contribution in [0.25, 0.3) is 22.3 Å². The quantitative estimate of drug-likeness (QED) is 0.340. The molecule has 0 spiro atoms. The Morgan fingerprint density at radius 3 is 2.62 bits per heavy atom. The minimum Gasteiger partial charge on any atom is -0.458 e. The van der Waals surface area contributed by atoms with E-state index >= 15 is 0 Å². The first-order chi connectivity index (χ1) is 20.1. The second-order valence-electron chi connectivity index (χ2n) is 11.3. The zero-order chi connectivity index (χ0) is 29.8. The average molecular weight is 576 g/mol. The lowest BCUT2D eigenvalue weighted by molar-refractivity contribution is -0.172. The summed E-state index contributed by atoms with van der Waals surface area (Å²) in [5, 5.41) is 14.7. The van der Waals surface area contributed by atoms with E-state index in [4.69, 9.17) is 14.5 Å². The molecule has 2 amide bonds. The first-order valence-electron chi connectivity index (χ1n) is 14.2. The highest BCUT2D eigenvalue weighted by atomic mass is 16.6. The molecule has 3 aromatic rings. The maximum atomic E-state index is 13.4. The van der Waals surface area contributed by atoms with Crippen molar-refractivity contribution in [3.63, 3.8) is 0 Å². The largest absolute Gasteiger partial charge is 0.458 e. The fourth-order valence-electron chi connectivity index (χ4n) is 5.85. The molecule has 0 bridgehead atoms. The molecule has 42 heavy (non-hydrogen) atoms. The predicted octanol–water partition coefficient (Wildman–Crippen LogP) is 1.72. The zero-order valence-electron chi connectivity index (χ0n) is 23.8. The number of carbonyl (C=O) groups is 3. The number of ether oxygens (including phenoxy) is 2. The summed E-state index contributed by atoms with van der Waals surface area (Å²) in [6.07, 6.45) is -0.383. The van der Waals surface area contributed by atoms with Crippen molar-refractivity contribution in [3.05, 3.63) is 57.4 Å². The molecule has 0 unspecified atom stereocenters. The van der Waals surface area contributed by atoms with Gasteiger partial charge in [0.05, 0.1) is 35.6 Å². The summed E-state index contributed by atoms with van der Waals surface area (Å²) in [5.74, 6) is -0.416. The Labute approximate surface area is 241 Å². The van der Waals surface area contributed by atoms with Gasteiger partial charge in [-0.1, -0.05) is 6.92 Å². The number of fused-ring (bicyclic) bond motifs is 5. The van der Waals surface area contributed by atoms with Crippen LogP contribution in [-0.4, -0.2) is 81.2 Å². The minimum atomic E-state index is -1.88. The molecular formula is C30H33N5O7. The number of carbonyl (C=O) groups excluding carboxylic acids is 3. The van der Waals surface area contributed by atoms with E-state index in [2.05, 4.69) is 5.32 Å². The SMILES string of the molecule is CC[C@@]1(O)C(=O)OCc2c1cc1n(c2=O)Cc2cc3cc(OC(=O)N4CCN(CC(=O)NC(C)C)CC4)ccc3nc2-1. The van der Waals surface area contributed by atoms with E-state index in [1.807, 2.05) is 24.8 Å². The summed E-state index contributed by atoms with van der Waals surface area (Å²) in [6, 6.07) is 8.84. The standard InChI is InChI=1S/C30H33N5O7/c1-4-30(40)22-13-24-26-19(14-35(24)27(37)21(22)16-41-28(30)38)11-18-12-20(5-6-23(18)32-26)42-29(39)34-9-7-33(8-10-34)15-25(36)31-17(2)3/h5-6,11-13,17,40H,4,7-10,14-16H2,1-3H3,(H,31,36)/t30-/m0/s1. The van der Waals surface area contributed by atoms with Crippen molar-refractivity contribution in [1.82, 2.24) is 24.7 Å². The lowest BCUT2D eigenvalue weighted by atomic mass is 9.86. The predicted molar refractivity (Wildman–Crippen MR) is 152 cm³/mol. The summed E-state index contributed by atoms with van der Waals surface area (Å²) < 4.78 is 12.4. The number of amides is 2. The molecule has 2 aromatic heterocycles. The van der Waals surface area contributed by atoms with E-state index in [1.54, 1.807) is 40.7 Å². The van der Waals surface area contributed by atoms with E-state index in [1.165, 1.54) is 0 Å². The fourth-order valence-corrected chi connectivity index (χ4v) is 5.85. The highest BCUT2D eigenvalue weighted by Crippen LogP contribution is 2.38. The maximum absolute atomic E-state index is 13.4. The van der Waals surface area contributed by atoms with Gasteiger partial charge in [0.1, 0.15) is 12.4 Å². The molecule has 6 rings (SSSR count). The Morgan fingerprint density at radius 1 is 1.14 bits per heavy atom. The fraction of sp³-hybridized carbons (Fsp3) is 0.433. The lowest BCUT2D eigenvalue weighted by Crippen LogP contribution is -2.52. The molecule has 3 aliphatic rings. The summed E-state index contributed by atoms with van der Waals surface area (Å²) in [4.78, 5) is 59.1. The summed E-state index contributed by atoms with van der Waals surface area (Å²) in [5.41, 5.74) is 0.928. The number of aliphatic hydroxyl groups is 1. The first-order valence-corrected chi connectivity index (χ1v) is 14.2.